The summed E-state index contributed by atoms with van der Waals surface area (Å²) in [5.74, 6) is 1.69. The molecule has 2 heterocycles. The Morgan fingerprint density at radius 3 is 2.47 bits per heavy atom. The quantitative estimate of drug-likeness (QED) is 0.234. The van der Waals surface area contributed by atoms with Crippen LogP contribution < -0.4 is 14.8 Å². The van der Waals surface area contributed by atoms with Crippen LogP contribution in [0.1, 0.15) is 17.7 Å². The maximum Gasteiger partial charge on any atom is 0.250 e. The zero-order valence-corrected chi connectivity index (χ0v) is 21.2. The van der Waals surface area contributed by atoms with Crippen molar-refractivity contribution >= 4 is 51.3 Å². The minimum absolute atomic E-state index is 0. The minimum Gasteiger partial charge on any atom is -0.490 e. The Kier molecular flexibility index (Phi) is 9.85. The molecule has 0 bridgehead atoms. The van der Waals surface area contributed by atoms with Crippen LogP contribution in [0.2, 0.25) is 0 Å². The van der Waals surface area contributed by atoms with Gasteiger partial charge in [-0.1, -0.05) is 18.2 Å². The average molecular weight is 565 g/mol. The Morgan fingerprint density at radius 2 is 1.87 bits per heavy atom. The summed E-state index contributed by atoms with van der Waals surface area (Å²) in [4.78, 5) is 7.49. The molecule has 1 fully saturated rings. The molecule has 1 aliphatic rings. The van der Waals surface area contributed by atoms with E-state index in [0.29, 0.717) is 17.3 Å². The van der Waals surface area contributed by atoms with Gasteiger partial charge in [-0.2, -0.15) is 0 Å². The van der Waals surface area contributed by atoms with Crippen molar-refractivity contribution in [2.45, 2.75) is 30.1 Å². The van der Waals surface area contributed by atoms with Gasteiger partial charge in [-0.3, -0.25) is 4.99 Å². The molecule has 1 aromatic heterocycles. The third-order valence-electron chi connectivity index (χ3n) is 4.68. The lowest BCUT2D eigenvalue weighted by molar-refractivity contribution is 0.129. The van der Waals surface area contributed by atoms with Crippen LogP contribution in [0, 0.1) is 6.92 Å². The standard InChI is InChI=1S/C20H28N4O3S2.HI/c1-16-8-9-19(28-16)29(25,26)23-13-12-22-20(21-2)24-14-10-18(11-15-24)27-17-6-4-3-5-7-17;/h3-9,18,23H,10-15H2,1-2H3,(H,21,22);1H. The first kappa shape index (κ1) is 24.9. The molecule has 0 aliphatic carbocycles. The second kappa shape index (κ2) is 11.9. The van der Waals surface area contributed by atoms with Crippen molar-refractivity contribution in [3.8, 4) is 5.75 Å². The highest BCUT2D eigenvalue weighted by atomic mass is 127. The third-order valence-corrected chi connectivity index (χ3v) is 7.63. The maximum atomic E-state index is 12.3. The third kappa shape index (κ3) is 7.10. The predicted molar refractivity (Wildman–Crippen MR) is 133 cm³/mol. The number of sulfonamides is 1. The number of para-hydroxylation sites is 1. The second-order valence-electron chi connectivity index (χ2n) is 6.85. The Balaban J connectivity index is 0.00000320. The van der Waals surface area contributed by atoms with E-state index < -0.39 is 10.0 Å². The zero-order valence-electron chi connectivity index (χ0n) is 17.2. The van der Waals surface area contributed by atoms with Crippen LogP contribution in [0.4, 0.5) is 0 Å². The van der Waals surface area contributed by atoms with E-state index >= 15 is 0 Å². The fourth-order valence-electron chi connectivity index (χ4n) is 3.20. The summed E-state index contributed by atoms with van der Waals surface area (Å²) in [6, 6.07) is 13.3. The van der Waals surface area contributed by atoms with E-state index in [-0.39, 0.29) is 30.1 Å². The highest BCUT2D eigenvalue weighted by Gasteiger charge is 2.23. The Morgan fingerprint density at radius 1 is 1.17 bits per heavy atom. The predicted octanol–water partition coefficient (Wildman–Crippen LogP) is 3.07. The monoisotopic (exact) mass is 564 g/mol. The molecule has 2 aromatic rings. The van der Waals surface area contributed by atoms with Gasteiger partial charge in [0.2, 0.25) is 10.0 Å². The smallest absolute Gasteiger partial charge is 0.250 e. The number of nitrogens with zero attached hydrogens (tertiary/aromatic N) is 2. The van der Waals surface area contributed by atoms with Crippen LogP contribution in [0.3, 0.4) is 0 Å². The van der Waals surface area contributed by atoms with Gasteiger partial charge in [-0.05, 0) is 31.2 Å². The number of piperidine rings is 1. The molecule has 0 saturated carbocycles. The molecule has 0 radical (unpaired) electrons. The van der Waals surface area contributed by atoms with Crippen LogP contribution in [-0.2, 0) is 10.0 Å². The van der Waals surface area contributed by atoms with Crippen molar-refractivity contribution in [2.24, 2.45) is 4.99 Å². The van der Waals surface area contributed by atoms with Crippen LogP contribution in [0.5, 0.6) is 5.75 Å². The number of aliphatic imine (C=N–C) groups is 1. The average Bonchev–Trinajstić information content (AvgIpc) is 3.17. The second-order valence-corrected chi connectivity index (χ2v) is 10.1. The molecular formula is C20H29IN4O3S2. The van der Waals surface area contributed by atoms with Crippen molar-refractivity contribution in [3.05, 3.63) is 47.3 Å². The van der Waals surface area contributed by atoms with Gasteiger partial charge < -0.3 is 15.0 Å². The maximum absolute atomic E-state index is 12.3. The number of hydrogen-bond donors (Lipinski definition) is 2. The van der Waals surface area contributed by atoms with Gasteiger partial charge in [0.05, 0.1) is 0 Å². The van der Waals surface area contributed by atoms with Gasteiger partial charge in [-0.15, -0.1) is 35.3 Å². The summed E-state index contributed by atoms with van der Waals surface area (Å²) >= 11 is 1.27. The van der Waals surface area contributed by atoms with Crippen LogP contribution in [0.25, 0.3) is 0 Å². The van der Waals surface area contributed by atoms with Crippen molar-refractivity contribution in [2.75, 3.05) is 33.2 Å². The lowest BCUT2D eigenvalue weighted by Gasteiger charge is -2.34. The molecule has 0 unspecified atom stereocenters. The fraction of sp³-hybridized carbons (Fsp3) is 0.450. The lowest BCUT2D eigenvalue weighted by Crippen LogP contribution is -2.48. The number of rotatable bonds is 7. The highest BCUT2D eigenvalue weighted by molar-refractivity contribution is 14.0. The first-order valence-corrected chi connectivity index (χ1v) is 12.0. The summed E-state index contributed by atoms with van der Waals surface area (Å²) in [5, 5.41) is 3.24. The summed E-state index contributed by atoms with van der Waals surface area (Å²) in [7, 11) is -1.70. The van der Waals surface area contributed by atoms with Crippen molar-refractivity contribution in [3.63, 3.8) is 0 Å². The molecule has 30 heavy (non-hydrogen) atoms. The van der Waals surface area contributed by atoms with E-state index in [9.17, 15) is 8.42 Å². The normalized spacial score (nSPS) is 15.5. The summed E-state index contributed by atoms with van der Waals surface area (Å²) < 4.78 is 33.5. The Bertz CT molecular complexity index is 911. The van der Waals surface area contributed by atoms with Gasteiger partial charge in [0.1, 0.15) is 16.1 Å². The Hall–Kier alpha value is -1.37. The van der Waals surface area contributed by atoms with Crippen molar-refractivity contribution < 1.29 is 13.2 Å². The minimum atomic E-state index is -3.45. The number of benzene rings is 1. The van der Waals surface area contributed by atoms with E-state index in [1.54, 1.807) is 13.1 Å². The van der Waals surface area contributed by atoms with E-state index in [4.69, 9.17) is 4.74 Å². The molecule has 7 nitrogen and oxygen atoms in total. The SMILES string of the molecule is CN=C(NCCNS(=O)(=O)c1ccc(C)s1)N1CCC(Oc2ccccc2)CC1.I. The topological polar surface area (TPSA) is 83.0 Å². The molecule has 1 aliphatic heterocycles. The number of ether oxygens (including phenoxy) is 1. The number of hydrogen-bond acceptors (Lipinski definition) is 5. The number of guanidine groups is 1. The van der Waals surface area contributed by atoms with E-state index in [1.807, 2.05) is 43.3 Å². The highest BCUT2D eigenvalue weighted by Crippen LogP contribution is 2.20. The molecule has 1 aromatic carbocycles. The first-order chi connectivity index (χ1) is 14.0. The number of likely N-dealkylation sites (tertiary alicyclic amines) is 1. The fourth-order valence-corrected chi connectivity index (χ4v) is 5.56. The van der Waals surface area contributed by atoms with Gasteiger partial charge >= 0.3 is 0 Å². The first-order valence-electron chi connectivity index (χ1n) is 9.71. The zero-order chi connectivity index (χ0) is 20.7. The lowest BCUT2D eigenvalue weighted by atomic mass is 10.1. The molecule has 166 valence electrons. The van der Waals surface area contributed by atoms with Crippen molar-refractivity contribution in [1.82, 2.24) is 14.9 Å². The summed E-state index contributed by atoms with van der Waals surface area (Å²) in [6.07, 6.45) is 2.03. The van der Waals surface area contributed by atoms with E-state index in [2.05, 4.69) is 19.9 Å². The van der Waals surface area contributed by atoms with E-state index in [0.717, 1.165) is 42.5 Å². The van der Waals surface area contributed by atoms with Gasteiger partial charge in [0.15, 0.2) is 5.96 Å². The van der Waals surface area contributed by atoms with Crippen molar-refractivity contribution in [1.29, 1.82) is 0 Å². The van der Waals surface area contributed by atoms with Gasteiger partial charge in [0, 0.05) is 50.9 Å². The molecule has 3 rings (SSSR count). The van der Waals surface area contributed by atoms with Crippen LogP contribution >= 0.6 is 35.3 Å². The molecular weight excluding hydrogens is 535 g/mol. The summed E-state index contributed by atoms with van der Waals surface area (Å²) in [6.45, 7) is 4.35. The van der Waals surface area contributed by atoms with E-state index in [1.165, 1.54) is 11.3 Å². The number of nitrogens with one attached hydrogen (secondary N) is 2. The number of aryl methyl sites for hydroxylation is 1. The van der Waals surface area contributed by atoms with Gasteiger partial charge in [0.25, 0.3) is 0 Å². The molecule has 0 amide bonds. The van der Waals surface area contributed by atoms with Gasteiger partial charge in [-0.25, -0.2) is 13.1 Å². The Labute approximate surface area is 200 Å². The molecule has 0 atom stereocenters. The number of halogens is 1. The molecule has 0 spiro atoms. The summed E-state index contributed by atoms with van der Waals surface area (Å²) in [5.41, 5.74) is 0. The molecule has 1 saturated heterocycles. The molecule has 10 heteroatoms. The number of thiophene rings is 1. The van der Waals surface area contributed by atoms with Crippen LogP contribution in [0.15, 0.2) is 51.7 Å². The largest absolute Gasteiger partial charge is 0.490 e. The molecule has 2 N–H and O–H groups in total. The van der Waals surface area contributed by atoms with Crippen LogP contribution in [-0.4, -0.2) is 58.6 Å².